The molecule has 304 valence electrons. The van der Waals surface area contributed by atoms with E-state index in [1.165, 1.54) is 22.3 Å². The van der Waals surface area contributed by atoms with Gasteiger partial charge >= 0.3 is 0 Å². The first-order valence-corrected chi connectivity index (χ1v) is 21.8. The Bertz CT molecular complexity index is 3740. The first-order chi connectivity index (χ1) is 31.9. The zero-order valence-electron chi connectivity index (χ0n) is 35.7. The highest BCUT2D eigenvalue weighted by Gasteiger charge is 2.35. The van der Waals surface area contributed by atoms with E-state index in [4.69, 9.17) is 31.5 Å². The zero-order valence-corrected chi connectivity index (χ0v) is 35.7. The Labute approximate surface area is 376 Å². The third-order valence-electron chi connectivity index (χ3n) is 13.0. The fraction of sp³-hybridized carbons (Fsp3) is 0.0508. The van der Waals surface area contributed by atoms with Gasteiger partial charge in [-0.1, -0.05) is 159 Å². The molecule has 0 atom stereocenters. The summed E-state index contributed by atoms with van der Waals surface area (Å²) in [6, 6.07) is 63.2. The number of fused-ring (bicyclic) bond motifs is 8. The number of pyridine rings is 2. The van der Waals surface area contributed by atoms with Gasteiger partial charge in [-0.3, -0.25) is 9.97 Å². The van der Waals surface area contributed by atoms with Gasteiger partial charge in [0.25, 0.3) is 0 Å². The maximum absolute atomic E-state index is 7.32. The van der Waals surface area contributed by atoms with Crippen molar-refractivity contribution in [1.82, 2.24) is 24.9 Å². The predicted octanol–water partition coefficient (Wildman–Crippen LogP) is 15.0. The van der Waals surface area contributed by atoms with E-state index in [-0.39, 0.29) is 5.41 Å². The summed E-state index contributed by atoms with van der Waals surface area (Å²) in [6.45, 7) is 11.9. The maximum atomic E-state index is 7.32. The highest BCUT2D eigenvalue weighted by Crippen LogP contribution is 2.49. The molecular formula is C59H38N6. The van der Waals surface area contributed by atoms with Crippen molar-refractivity contribution in [2.24, 2.45) is 0 Å². The van der Waals surface area contributed by atoms with Gasteiger partial charge in [0.15, 0.2) is 23.2 Å². The number of rotatable bonds is 6. The van der Waals surface area contributed by atoms with Crippen molar-refractivity contribution in [2.75, 3.05) is 0 Å². The van der Waals surface area contributed by atoms with Crippen LogP contribution in [0, 0.1) is 6.57 Å². The van der Waals surface area contributed by atoms with Crippen LogP contribution in [-0.2, 0) is 5.41 Å². The van der Waals surface area contributed by atoms with Gasteiger partial charge in [-0.05, 0) is 91.7 Å². The van der Waals surface area contributed by atoms with E-state index < -0.39 is 0 Å². The number of aromatic nitrogens is 5. The number of nitrogens with zero attached hydrogens (tertiary/aromatic N) is 6. The second-order valence-electron chi connectivity index (χ2n) is 17.2. The summed E-state index contributed by atoms with van der Waals surface area (Å²) in [5.74, 6) is 1.85. The molecule has 0 spiro atoms. The van der Waals surface area contributed by atoms with Crippen molar-refractivity contribution < 1.29 is 0 Å². The minimum absolute atomic E-state index is 0.158. The SMILES string of the molecule is [C-]#[N+]c1ccc(-c2ccc(-c3cc4c5cccnc5c(-c5cccc(-c6nc(-c7ccccc7)nc(-c7ccc8c(c7)C(C)(C)c7ccccc7-8)n6)c5)cc4c4cccnc34)cc2)cc1. The van der Waals surface area contributed by atoms with E-state index in [2.05, 4.69) is 134 Å². The fourth-order valence-electron chi connectivity index (χ4n) is 9.73. The van der Waals surface area contributed by atoms with Gasteiger partial charge in [-0.15, -0.1) is 0 Å². The van der Waals surface area contributed by atoms with Gasteiger partial charge in [-0.2, -0.15) is 0 Å². The van der Waals surface area contributed by atoms with E-state index in [0.29, 0.717) is 23.2 Å². The molecule has 0 fully saturated rings. The van der Waals surface area contributed by atoms with Gasteiger partial charge in [-0.25, -0.2) is 19.8 Å². The number of benzene rings is 8. The molecule has 0 amide bonds. The lowest BCUT2D eigenvalue weighted by Gasteiger charge is -2.21. The summed E-state index contributed by atoms with van der Waals surface area (Å²) in [6.07, 6.45) is 3.74. The average molecular weight is 831 g/mol. The van der Waals surface area contributed by atoms with Crippen LogP contribution in [0.1, 0.15) is 25.0 Å². The average Bonchev–Trinajstić information content (AvgIpc) is 3.61. The molecule has 3 aromatic heterocycles. The van der Waals surface area contributed by atoms with Crippen molar-refractivity contribution in [1.29, 1.82) is 0 Å². The van der Waals surface area contributed by atoms with Gasteiger partial charge in [0, 0.05) is 56.4 Å². The van der Waals surface area contributed by atoms with Crippen LogP contribution in [0.4, 0.5) is 5.69 Å². The third kappa shape index (κ3) is 6.36. The van der Waals surface area contributed by atoms with Crippen LogP contribution in [-0.4, -0.2) is 24.9 Å². The lowest BCUT2D eigenvalue weighted by atomic mass is 9.82. The first-order valence-electron chi connectivity index (χ1n) is 21.8. The Kier molecular flexibility index (Phi) is 8.79. The van der Waals surface area contributed by atoms with Crippen molar-refractivity contribution in [3.8, 4) is 78.7 Å². The molecule has 12 rings (SSSR count). The second-order valence-corrected chi connectivity index (χ2v) is 17.2. The topological polar surface area (TPSA) is 68.8 Å². The lowest BCUT2D eigenvalue weighted by Crippen LogP contribution is -2.15. The summed E-state index contributed by atoms with van der Waals surface area (Å²) < 4.78 is 0. The Hall–Kier alpha value is -8.66. The molecule has 0 aliphatic heterocycles. The fourth-order valence-corrected chi connectivity index (χ4v) is 9.73. The molecule has 0 saturated heterocycles. The van der Waals surface area contributed by atoms with Gasteiger partial charge in [0.2, 0.25) is 0 Å². The molecule has 0 N–H and O–H groups in total. The van der Waals surface area contributed by atoms with Crippen LogP contribution in [0.5, 0.6) is 0 Å². The monoisotopic (exact) mass is 830 g/mol. The molecule has 8 aromatic carbocycles. The third-order valence-corrected chi connectivity index (χ3v) is 13.0. The maximum Gasteiger partial charge on any atom is 0.187 e. The molecular weight excluding hydrogens is 793 g/mol. The molecule has 3 heterocycles. The molecule has 0 bridgehead atoms. The van der Waals surface area contributed by atoms with Gasteiger partial charge in [0.1, 0.15) is 0 Å². The number of hydrogen-bond acceptors (Lipinski definition) is 5. The van der Waals surface area contributed by atoms with Gasteiger partial charge < -0.3 is 0 Å². The molecule has 1 aliphatic carbocycles. The quantitative estimate of drug-likeness (QED) is 0.123. The summed E-state index contributed by atoms with van der Waals surface area (Å²) in [7, 11) is 0. The molecule has 1 aliphatic rings. The first kappa shape index (κ1) is 38.0. The van der Waals surface area contributed by atoms with Crippen molar-refractivity contribution in [3.05, 3.63) is 217 Å². The van der Waals surface area contributed by atoms with E-state index in [1.807, 2.05) is 79.1 Å². The van der Waals surface area contributed by atoms with Crippen LogP contribution < -0.4 is 0 Å². The van der Waals surface area contributed by atoms with Gasteiger partial charge in [0.05, 0.1) is 17.6 Å². The van der Waals surface area contributed by atoms with Crippen molar-refractivity contribution >= 4 is 38.3 Å². The van der Waals surface area contributed by atoms with Crippen LogP contribution in [0.3, 0.4) is 0 Å². The lowest BCUT2D eigenvalue weighted by molar-refractivity contribution is 0.660. The van der Waals surface area contributed by atoms with Crippen LogP contribution >= 0.6 is 0 Å². The summed E-state index contributed by atoms with van der Waals surface area (Å²) in [5, 5.41) is 4.34. The summed E-state index contributed by atoms with van der Waals surface area (Å²) >= 11 is 0. The van der Waals surface area contributed by atoms with Crippen LogP contribution in [0.25, 0.3) is 116 Å². The molecule has 11 aromatic rings. The molecule has 0 radical (unpaired) electrons. The van der Waals surface area contributed by atoms with E-state index >= 15 is 0 Å². The Morgan fingerprint density at radius 1 is 0.369 bits per heavy atom. The molecule has 6 heteroatoms. The zero-order chi connectivity index (χ0) is 43.6. The van der Waals surface area contributed by atoms with Crippen LogP contribution in [0.2, 0.25) is 0 Å². The van der Waals surface area contributed by atoms with E-state index in [1.54, 1.807) is 0 Å². The normalized spacial score (nSPS) is 12.6. The minimum atomic E-state index is -0.158. The number of hydrogen-bond donors (Lipinski definition) is 0. The van der Waals surface area contributed by atoms with E-state index in [9.17, 15) is 0 Å². The summed E-state index contributed by atoms with van der Waals surface area (Å²) in [5.41, 5.74) is 16.5. The highest BCUT2D eigenvalue weighted by molar-refractivity contribution is 6.22. The Morgan fingerprint density at radius 2 is 0.877 bits per heavy atom. The van der Waals surface area contributed by atoms with Crippen molar-refractivity contribution in [3.63, 3.8) is 0 Å². The summed E-state index contributed by atoms with van der Waals surface area (Å²) in [4.78, 5) is 29.0. The Balaban J connectivity index is 0.987. The molecule has 65 heavy (non-hydrogen) atoms. The Morgan fingerprint density at radius 3 is 1.54 bits per heavy atom. The largest absolute Gasteiger partial charge is 0.256 e. The standard InChI is InChI=1S/C59H38N6/c1-59(2)52-19-8-7-16-44(52)45-29-26-42(33-53(45)59)58-64-56(39-12-5-4-6-13-39)63-57(65-58)41-15-9-14-40(32-41)49-35-51-46-17-10-30-61-54(46)48(34-50(51)47-18-11-31-62-55(47)49)38-22-20-36(21-23-38)37-24-27-43(60-3)28-25-37/h4-35H,1-2H3. The van der Waals surface area contributed by atoms with Crippen LogP contribution in [0.15, 0.2) is 194 Å². The van der Waals surface area contributed by atoms with E-state index in [0.717, 1.165) is 82.6 Å². The molecule has 0 saturated carbocycles. The van der Waals surface area contributed by atoms with Crippen molar-refractivity contribution in [2.45, 2.75) is 19.3 Å². The molecule has 6 nitrogen and oxygen atoms in total. The molecule has 0 unspecified atom stereocenters. The smallest absolute Gasteiger partial charge is 0.187 e. The predicted molar refractivity (Wildman–Crippen MR) is 264 cm³/mol. The minimum Gasteiger partial charge on any atom is -0.256 e. The highest BCUT2D eigenvalue weighted by atomic mass is 15.0. The second kappa shape index (κ2) is 15.0.